The molecule has 7 nitrogen and oxygen atoms in total. The lowest BCUT2D eigenvalue weighted by Gasteiger charge is -2.17. The summed E-state index contributed by atoms with van der Waals surface area (Å²) in [5, 5.41) is 2.58. The average Bonchev–Trinajstić information content (AvgIpc) is 3.01. The van der Waals surface area contributed by atoms with Crippen molar-refractivity contribution in [1.82, 2.24) is 4.90 Å². The lowest BCUT2D eigenvalue weighted by Crippen LogP contribution is -2.34. The molecule has 1 heterocycles. The second-order valence-corrected chi connectivity index (χ2v) is 5.95. The first-order valence-electron chi connectivity index (χ1n) is 7.94. The Labute approximate surface area is 149 Å². The molecule has 1 saturated heterocycles. The molecule has 144 valence electrons. The van der Waals surface area contributed by atoms with Gasteiger partial charge in [-0.05, 0) is 25.0 Å². The number of amides is 1. The summed E-state index contributed by atoms with van der Waals surface area (Å²) in [5.74, 6) is -0.595. The molecule has 10 heteroatoms. The van der Waals surface area contributed by atoms with Crippen molar-refractivity contribution in [3.05, 3.63) is 24.3 Å². The number of para-hydroxylation sites is 2. The Morgan fingerprint density at radius 3 is 2.73 bits per heavy atom. The lowest BCUT2D eigenvalue weighted by atomic mass is 10.2. The Kier molecular flexibility index (Phi) is 6.30. The van der Waals surface area contributed by atoms with Gasteiger partial charge in [-0.15, -0.1) is 13.2 Å². The van der Waals surface area contributed by atoms with Gasteiger partial charge >= 0.3 is 6.36 Å². The Morgan fingerprint density at radius 2 is 2.08 bits per heavy atom. The average molecular weight is 374 g/mol. The van der Waals surface area contributed by atoms with E-state index in [4.69, 9.17) is 10.5 Å². The normalized spacial score (nSPS) is 20.7. The predicted molar refractivity (Wildman–Crippen MR) is 89.8 cm³/mol. The number of carbonyl (C=O) groups is 1. The number of anilines is 1. The zero-order valence-corrected chi connectivity index (χ0v) is 14.4. The number of guanidine groups is 1. The molecule has 1 aliphatic heterocycles. The van der Waals surface area contributed by atoms with Crippen molar-refractivity contribution in [2.45, 2.75) is 31.4 Å². The Bertz CT molecular complexity index is 664. The fraction of sp³-hybridized carbons (Fsp3) is 0.500. The van der Waals surface area contributed by atoms with Gasteiger partial charge in [0.05, 0.1) is 18.3 Å². The van der Waals surface area contributed by atoms with E-state index < -0.39 is 18.2 Å². The molecule has 0 spiro atoms. The van der Waals surface area contributed by atoms with Gasteiger partial charge in [0.1, 0.15) is 6.10 Å². The monoisotopic (exact) mass is 374 g/mol. The zero-order chi connectivity index (χ0) is 19.3. The molecule has 2 unspecified atom stereocenters. The molecular formula is C16H21F3N4O3. The number of aliphatic imine (C=N–C) groups is 1. The molecule has 0 bridgehead atoms. The van der Waals surface area contributed by atoms with Crippen LogP contribution in [0.25, 0.3) is 0 Å². The van der Waals surface area contributed by atoms with E-state index in [1.807, 2.05) is 0 Å². The van der Waals surface area contributed by atoms with Crippen molar-refractivity contribution in [3.8, 4) is 5.75 Å². The van der Waals surface area contributed by atoms with Crippen LogP contribution in [0.2, 0.25) is 0 Å². The van der Waals surface area contributed by atoms with E-state index in [1.54, 1.807) is 14.1 Å². The van der Waals surface area contributed by atoms with E-state index >= 15 is 0 Å². The summed E-state index contributed by atoms with van der Waals surface area (Å²) in [6.07, 6.45) is -4.34. The van der Waals surface area contributed by atoms with E-state index in [-0.39, 0.29) is 30.2 Å². The van der Waals surface area contributed by atoms with Crippen LogP contribution in [-0.4, -0.2) is 56.0 Å². The number of carbonyl (C=O) groups excluding carboxylic acids is 1. The molecule has 1 aromatic rings. The number of nitrogens with one attached hydrogen (secondary N) is 1. The summed E-state index contributed by atoms with van der Waals surface area (Å²) in [6, 6.07) is 5.51. The number of hydrogen-bond donors (Lipinski definition) is 2. The lowest BCUT2D eigenvalue weighted by molar-refractivity contribution is -0.274. The summed E-state index contributed by atoms with van der Waals surface area (Å²) >= 11 is 0. The van der Waals surface area contributed by atoms with E-state index in [0.717, 1.165) is 0 Å². The van der Waals surface area contributed by atoms with E-state index in [0.29, 0.717) is 12.8 Å². The van der Waals surface area contributed by atoms with Gasteiger partial charge in [0.2, 0.25) is 0 Å². The van der Waals surface area contributed by atoms with Crippen LogP contribution in [0.3, 0.4) is 0 Å². The van der Waals surface area contributed by atoms with Crippen molar-refractivity contribution in [2.24, 2.45) is 10.7 Å². The Balaban J connectivity index is 1.93. The summed E-state index contributed by atoms with van der Waals surface area (Å²) in [7, 11) is 3.30. The van der Waals surface area contributed by atoms with Gasteiger partial charge in [0, 0.05) is 14.1 Å². The minimum absolute atomic E-state index is 0.0408. The smallest absolute Gasteiger partial charge is 0.404 e. The van der Waals surface area contributed by atoms with Crippen LogP contribution in [0.1, 0.15) is 12.8 Å². The third-order valence-corrected chi connectivity index (χ3v) is 3.66. The Hall–Kier alpha value is -2.49. The van der Waals surface area contributed by atoms with E-state index in [1.165, 1.54) is 29.2 Å². The van der Waals surface area contributed by atoms with Crippen LogP contribution in [-0.2, 0) is 9.53 Å². The van der Waals surface area contributed by atoms with Crippen LogP contribution in [0.15, 0.2) is 29.3 Å². The van der Waals surface area contributed by atoms with Gasteiger partial charge in [-0.3, -0.25) is 9.79 Å². The van der Waals surface area contributed by atoms with Gasteiger partial charge < -0.3 is 25.4 Å². The van der Waals surface area contributed by atoms with Crippen LogP contribution < -0.4 is 15.8 Å². The van der Waals surface area contributed by atoms with Crippen LogP contribution in [0.5, 0.6) is 5.75 Å². The first-order chi connectivity index (χ1) is 12.2. The topological polar surface area (TPSA) is 89.2 Å². The molecule has 1 amide bonds. The minimum atomic E-state index is -4.81. The molecule has 2 atom stereocenters. The number of benzene rings is 1. The SMILES string of the molecule is CN(C)C(=O)C1CCC(CN=C(N)Nc2ccccc2OC(F)(F)F)O1. The molecule has 0 aromatic heterocycles. The second kappa shape index (κ2) is 8.26. The van der Waals surface area contributed by atoms with Gasteiger partial charge in [-0.1, -0.05) is 12.1 Å². The first kappa shape index (κ1) is 19.8. The van der Waals surface area contributed by atoms with Gasteiger partial charge in [0.15, 0.2) is 11.7 Å². The maximum Gasteiger partial charge on any atom is 0.573 e. The minimum Gasteiger partial charge on any atom is -0.404 e. The largest absolute Gasteiger partial charge is 0.573 e. The number of nitrogens with two attached hydrogens (primary N) is 1. The van der Waals surface area contributed by atoms with E-state index in [9.17, 15) is 18.0 Å². The van der Waals surface area contributed by atoms with Crippen molar-refractivity contribution in [2.75, 3.05) is 26.0 Å². The molecule has 0 saturated carbocycles. The zero-order valence-electron chi connectivity index (χ0n) is 14.4. The summed E-state index contributed by atoms with van der Waals surface area (Å²) in [4.78, 5) is 17.4. The molecule has 1 fully saturated rings. The number of rotatable bonds is 5. The molecule has 1 aromatic carbocycles. The fourth-order valence-corrected chi connectivity index (χ4v) is 2.47. The molecule has 3 N–H and O–H groups in total. The second-order valence-electron chi connectivity index (χ2n) is 5.95. The molecular weight excluding hydrogens is 353 g/mol. The maximum atomic E-state index is 12.4. The number of hydrogen-bond acceptors (Lipinski definition) is 4. The van der Waals surface area contributed by atoms with E-state index in [2.05, 4.69) is 15.0 Å². The first-order valence-corrected chi connectivity index (χ1v) is 7.94. The molecule has 2 rings (SSSR count). The molecule has 26 heavy (non-hydrogen) atoms. The van der Waals surface area contributed by atoms with Gasteiger partial charge in [0.25, 0.3) is 5.91 Å². The van der Waals surface area contributed by atoms with Crippen molar-refractivity contribution >= 4 is 17.6 Å². The number of ether oxygens (including phenoxy) is 2. The third-order valence-electron chi connectivity index (χ3n) is 3.66. The number of likely N-dealkylation sites (N-methyl/N-ethyl adjacent to an activating group) is 1. The highest BCUT2D eigenvalue weighted by molar-refractivity contribution is 5.93. The summed E-state index contributed by atoms with van der Waals surface area (Å²) in [5.41, 5.74) is 5.77. The predicted octanol–water partition coefficient (Wildman–Crippen LogP) is 1.95. The highest BCUT2D eigenvalue weighted by Gasteiger charge is 2.32. The Morgan fingerprint density at radius 1 is 1.38 bits per heavy atom. The van der Waals surface area contributed by atoms with Crippen LogP contribution in [0, 0.1) is 0 Å². The van der Waals surface area contributed by atoms with Crippen molar-refractivity contribution in [1.29, 1.82) is 0 Å². The number of nitrogens with zero attached hydrogens (tertiary/aromatic N) is 2. The van der Waals surface area contributed by atoms with Gasteiger partial charge in [-0.25, -0.2) is 0 Å². The summed E-state index contributed by atoms with van der Waals surface area (Å²) in [6.45, 7) is 0.193. The highest BCUT2D eigenvalue weighted by Crippen LogP contribution is 2.29. The van der Waals surface area contributed by atoms with Crippen molar-refractivity contribution in [3.63, 3.8) is 0 Å². The summed E-state index contributed by atoms with van der Waals surface area (Å²) < 4.78 is 46.8. The fourth-order valence-electron chi connectivity index (χ4n) is 2.47. The van der Waals surface area contributed by atoms with Crippen LogP contribution in [0.4, 0.5) is 18.9 Å². The highest BCUT2D eigenvalue weighted by atomic mass is 19.4. The third kappa shape index (κ3) is 5.80. The molecule has 0 radical (unpaired) electrons. The van der Waals surface area contributed by atoms with Crippen molar-refractivity contribution < 1.29 is 27.4 Å². The van der Waals surface area contributed by atoms with Gasteiger partial charge in [-0.2, -0.15) is 0 Å². The number of halogens is 3. The molecule has 0 aliphatic carbocycles. The number of alkyl halides is 3. The van der Waals surface area contributed by atoms with Crippen LogP contribution >= 0.6 is 0 Å². The molecule has 1 aliphatic rings. The quantitative estimate of drug-likeness (QED) is 0.607. The maximum absolute atomic E-state index is 12.4. The standard InChI is InChI=1S/C16H21F3N4O3/c1-23(2)14(24)13-8-7-10(25-13)9-21-15(20)22-11-5-3-4-6-12(11)26-16(17,18)19/h3-6,10,13H,7-9H2,1-2H3,(H3,20,21,22).